The van der Waals surface area contributed by atoms with Gasteiger partial charge in [0.1, 0.15) is 17.7 Å². The molecule has 0 unspecified atom stereocenters. The number of aromatic nitrogens is 4. The zero-order valence-corrected chi connectivity index (χ0v) is 18.4. The number of Topliss-reactive ketones (excluding diaryl/α,β-unsaturated/α-hetero) is 1. The van der Waals surface area contributed by atoms with Gasteiger partial charge in [-0.15, -0.1) is 0 Å². The van der Waals surface area contributed by atoms with Crippen molar-refractivity contribution in [2.45, 2.75) is 33.1 Å². The molecule has 1 saturated heterocycles. The van der Waals surface area contributed by atoms with E-state index in [9.17, 15) is 23.9 Å². The third kappa shape index (κ3) is 4.12. The second kappa shape index (κ2) is 8.73. The van der Waals surface area contributed by atoms with Crippen LogP contribution < -0.4 is 10.3 Å². The Morgan fingerprint density at radius 1 is 1.34 bits per heavy atom. The molecule has 4 heterocycles. The number of rotatable bonds is 8. The molecule has 32 heavy (non-hydrogen) atoms. The molecule has 0 spiro atoms. The molecular formula is C21H22FN5O4S. The molecule has 0 amide bonds. The molecule has 0 atom stereocenters. The van der Waals surface area contributed by atoms with Crippen molar-refractivity contribution in [1.82, 2.24) is 18.9 Å². The van der Waals surface area contributed by atoms with E-state index in [1.165, 1.54) is 10.9 Å². The molecule has 1 fully saturated rings. The fourth-order valence-electron chi connectivity index (χ4n) is 3.75. The topological polar surface area (TPSA) is 118 Å². The molecular weight excluding hydrogens is 437 g/mol. The SMILES string of the molecule is CC(C)CCCC(=O)C1CN(c2nc3c(cc2F)c(=O)c(C(=O)O)cn3-c2ncns2)C1. The minimum Gasteiger partial charge on any atom is -0.477 e. The van der Waals surface area contributed by atoms with Crippen LogP contribution in [0.1, 0.15) is 43.5 Å². The van der Waals surface area contributed by atoms with Crippen molar-refractivity contribution in [3.63, 3.8) is 0 Å². The summed E-state index contributed by atoms with van der Waals surface area (Å²) in [5.74, 6) is -1.61. The number of carboxylic acid groups (broad SMARTS) is 1. The lowest BCUT2D eigenvalue weighted by molar-refractivity contribution is -0.123. The van der Waals surface area contributed by atoms with Gasteiger partial charge in [0.25, 0.3) is 0 Å². The fraction of sp³-hybridized carbons (Fsp3) is 0.429. The van der Waals surface area contributed by atoms with Crippen LogP contribution in [-0.4, -0.2) is 48.9 Å². The van der Waals surface area contributed by atoms with Crippen LogP contribution in [0, 0.1) is 17.7 Å². The van der Waals surface area contributed by atoms with Gasteiger partial charge in [-0.1, -0.05) is 20.3 Å². The first-order valence-electron chi connectivity index (χ1n) is 10.3. The van der Waals surface area contributed by atoms with E-state index in [1.807, 2.05) is 0 Å². The normalized spacial score (nSPS) is 14.2. The number of hydrogen-bond acceptors (Lipinski definition) is 8. The predicted molar refractivity (Wildman–Crippen MR) is 117 cm³/mol. The quantitative estimate of drug-likeness (QED) is 0.546. The standard InChI is InChI=1S/C21H22FN5O4S/c1-11(2)4-3-5-16(28)12-7-26(8-12)19-15(22)6-13-17(29)14(20(30)31)9-27(18(13)25-19)21-23-10-24-32-21/h6,9-12H,3-5,7-8H2,1-2H3,(H,30,31). The zero-order valence-electron chi connectivity index (χ0n) is 17.6. The number of nitrogens with zero attached hydrogens (tertiary/aromatic N) is 5. The minimum atomic E-state index is -1.43. The highest BCUT2D eigenvalue weighted by Gasteiger charge is 2.35. The fourth-order valence-corrected chi connectivity index (χ4v) is 4.26. The Morgan fingerprint density at radius 2 is 2.09 bits per heavy atom. The summed E-state index contributed by atoms with van der Waals surface area (Å²) >= 11 is 0.984. The van der Waals surface area contributed by atoms with Crippen molar-refractivity contribution in [3.05, 3.63) is 40.2 Å². The molecule has 0 aromatic carbocycles. The van der Waals surface area contributed by atoms with Crippen molar-refractivity contribution in [2.24, 2.45) is 11.8 Å². The van der Waals surface area contributed by atoms with Crippen LogP contribution in [0.5, 0.6) is 0 Å². The molecule has 9 nitrogen and oxygen atoms in total. The molecule has 1 N–H and O–H groups in total. The highest BCUT2D eigenvalue weighted by molar-refractivity contribution is 7.08. The summed E-state index contributed by atoms with van der Waals surface area (Å²) in [6.07, 6.45) is 4.76. The molecule has 11 heteroatoms. The lowest BCUT2D eigenvalue weighted by Gasteiger charge is -2.39. The third-order valence-corrected chi connectivity index (χ3v) is 6.21. The number of hydrogen-bond donors (Lipinski definition) is 1. The number of anilines is 1. The van der Waals surface area contributed by atoms with Gasteiger partial charge in [-0.25, -0.2) is 19.2 Å². The summed E-state index contributed by atoms with van der Waals surface area (Å²) in [7, 11) is 0. The number of carboxylic acids is 1. The van der Waals surface area contributed by atoms with Gasteiger partial charge in [0.05, 0.1) is 11.3 Å². The Labute approximate surface area is 186 Å². The Bertz CT molecular complexity index is 1240. The molecule has 168 valence electrons. The summed E-state index contributed by atoms with van der Waals surface area (Å²) < 4.78 is 20.1. The van der Waals surface area contributed by atoms with Crippen LogP contribution in [0.15, 0.2) is 23.4 Å². The maximum atomic E-state index is 14.9. The van der Waals surface area contributed by atoms with E-state index in [2.05, 4.69) is 28.2 Å². The number of carbonyl (C=O) groups is 2. The van der Waals surface area contributed by atoms with Crippen LogP contribution in [0.4, 0.5) is 10.2 Å². The van der Waals surface area contributed by atoms with E-state index in [0.29, 0.717) is 30.6 Å². The van der Waals surface area contributed by atoms with Gasteiger partial charge in [0.15, 0.2) is 17.3 Å². The van der Waals surface area contributed by atoms with E-state index in [0.717, 1.165) is 36.6 Å². The number of ketones is 1. The van der Waals surface area contributed by atoms with Crippen molar-refractivity contribution in [3.8, 4) is 5.13 Å². The second-order valence-electron chi connectivity index (χ2n) is 8.29. The first kappa shape index (κ1) is 22.0. The summed E-state index contributed by atoms with van der Waals surface area (Å²) in [6.45, 7) is 4.94. The van der Waals surface area contributed by atoms with Crippen LogP contribution >= 0.6 is 11.5 Å². The van der Waals surface area contributed by atoms with E-state index in [-0.39, 0.29) is 28.6 Å². The monoisotopic (exact) mass is 459 g/mol. The lowest BCUT2D eigenvalue weighted by Crippen LogP contribution is -2.51. The van der Waals surface area contributed by atoms with Gasteiger partial charge < -0.3 is 10.0 Å². The number of carbonyl (C=O) groups excluding carboxylic acids is 1. The third-order valence-electron chi connectivity index (χ3n) is 5.54. The number of aromatic carboxylic acids is 1. The van der Waals surface area contributed by atoms with Crippen molar-refractivity contribution in [2.75, 3.05) is 18.0 Å². The van der Waals surface area contributed by atoms with Crippen LogP contribution in [0.3, 0.4) is 0 Å². The van der Waals surface area contributed by atoms with E-state index < -0.39 is 22.8 Å². The smallest absolute Gasteiger partial charge is 0.341 e. The van der Waals surface area contributed by atoms with Gasteiger partial charge in [-0.2, -0.15) is 4.37 Å². The molecule has 1 aliphatic rings. The molecule has 1 aliphatic heterocycles. The van der Waals surface area contributed by atoms with Crippen molar-refractivity contribution in [1.29, 1.82) is 0 Å². The van der Waals surface area contributed by atoms with Gasteiger partial charge >= 0.3 is 5.97 Å². The molecule has 0 radical (unpaired) electrons. The Morgan fingerprint density at radius 3 is 2.72 bits per heavy atom. The Hall–Kier alpha value is -3.21. The minimum absolute atomic E-state index is 0.0180. The first-order valence-corrected chi connectivity index (χ1v) is 11.1. The van der Waals surface area contributed by atoms with Crippen molar-refractivity contribution < 1.29 is 19.1 Å². The molecule has 4 rings (SSSR count). The van der Waals surface area contributed by atoms with E-state index >= 15 is 0 Å². The van der Waals surface area contributed by atoms with Gasteiger partial charge in [-0.05, 0) is 18.4 Å². The van der Waals surface area contributed by atoms with Crippen molar-refractivity contribution >= 4 is 40.1 Å². The highest BCUT2D eigenvalue weighted by Crippen LogP contribution is 2.29. The zero-order chi connectivity index (χ0) is 23.0. The average molecular weight is 460 g/mol. The van der Waals surface area contributed by atoms with Crippen LogP contribution in [-0.2, 0) is 4.79 Å². The molecule has 0 saturated carbocycles. The summed E-state index contributed by atoms with van der Waals surface area (Å²) in [6, 6.07) is 1.00. The van der Waals surface area contributed by atoms with E-state index in [1.54, 1.807) is 4.90 Å². The van der Waals surface area contributed by atoms with Crippen LogP contribution in [0.2, 0.25) is 0 Å². The first-order chi connectivity index (χ1) is 15.3. The molecule has 3 aromatic rings. The molecule has 0 aliphatic carbocycles. The maximum Gasteiger partial charge on any atom is 0.341 e. The predicted octanol–water partition coefficient (Wildman–Crippen LogP) is 2.91. The highest BCUT2D eigenvalue weighted by atomic mass is 32.1. The largest absolute Gasteiger partial charge is 0.477 e. The number of halogens is 1. The van der Waals surface area contributed by atoms with Gasteiger partial charge in [0.2, 0.25) is 10.6 Å². The Balaban J connectivity index is 1.65. The summed E-state index contributed by atoms with van der Waals surface area (Å²) in [5, 5.41) is 9.51. The van der Waals surface area contributed by atoms with Gasteiger partial charge in [0, 0.05) is 37.2 Å². The van der Waals surface area contributed by atoms with Crippen LogP contribution in [0.25, 0.3) is 16.2 Å². The summed E-state index contributed by atoms with van der Waals surface area (Å²) in [4.78, 5) is 46.6. The lowest BCUT2D eigenvalue weighted by atomic mass is 9.91. The van der Waals surface area contributed by atoms with Gasteiger partial charge in [-0.3, -0.25) is 14.2 Å². The second-order valence-corrected chi connectivity index (χ2v) is 9.05. The maximum absolute atomic E-state index is 14.9. The molecule has 0 bridgehead atoms. The average Bonchev–Trinajstić information content (AvgIpc) is 3.22. The number of fused-ring (bicyclic) bond motifs is 1. The molecule has 3 aromatic heterocycles. The summed E-state index contributed by atoms with van der Waals surface area (Å²) in [5.41, 5.74) is -1.26. The van der Waals surface area contributed by atoms with E-state index in [4.69, 9.17) is 0 Å². The Kier molecular flexibility index (Phi) is 6.00. The number of pyridine rings is 2.